The Balaban J connectivity index is 2.01. The molecule has 0 spiro atoms. The number of hydrogen-bond acceptors (Lipinski definition) is 4. The second kappa shape index (κ2) is 4.72. The molecule has 1 saturated carbocycles. The molecule has 0 saturated heterocycles. The highest BCUT2D eigenvalue weighted by Crippen LogP contribution is 2.27. The first-order chi connectivity index (χ1) is 7.33. The summed E-state index contributed by atoms with van der Waals surface area (Å²) in [5.74, 6) is 0.0378. The van der Waals surface area contributed by atoms with Crippen molar-refractivity contribution in [1.82, 2.24) is 9.88 Å². The summed E-state index contributed by atoms with van der Waals surface area (Å²) in [5.41, 5.74) is 2.25. The molecule has 1 heterocycles. The second-order valence-electron chi connectivity index (χ2n) is 3.60. The Bertz CT molecular complexity index is 322. The van der Waals surface area contributed by atoms with Gasteiger partial charge in [0.05, 0.1) is 12.1 Å². The third kappa shape index (κ3) is 2.54. The van der Waals surface area contributed by atoms with Crippen molar-refractivity contribution in [3.8, 4) is 0 Å². The Morgan fingerprint density at radius 2 is 2.53 bits per heavy atom. The number of methoxy groups -OCH3 is 1. The molecule has 0 aromatic carbocycles. The van der Waals surface area contributed by atoms with E-state index in [2.05, 4.69) is 4.98 Å². The molecule has 1 aliphatic rings. The maximum absolute atomic E-state index is 12.0. The van der Waals surface area contributed by atoms with Crippen LogP contribution >= 0.6 is 11.3 Å². The van der Waals surface area contributed by atoms with Gasteiger partial charge in [-0.3, -0.25) is 4.79 Å². The number of nitrogens with zero attached hydrogens (tertiary/aromatic N) is 2. The summed E-state index contributed by atoms with van der Waals surface area (Å²) in [6.07, 6.45) is 2.22. The Kier molecular flexibility index (Phi) is 3.33. The fraction of sp³-hybridized carbons (Fsp3) is 0.600. The molecule has 1 aliphatic carbocycles. The summed E-state index contributed by atoms with van der Waals surface area (Å²) in [5, 5.41) is 1.80. The average molecular weight is 226 g/mol. The van der Waals surface area contributed by atoms with E-state index in [1.165, 1.54) is 11.3 Å². The van der Waals surface area contributed by atoms with Gasteiger partial charge in [-0.15, -0.1) is 11.3 Å². The SMILES string of the molecule is COCCN(C(=O)c1cscn1)C1CC1. The molecule has 1 fully saturated rings. The van der Waals surface area contributed by atoms with Crippen molar-refractivity contribution in [3.05, 3.63) is 16.6 Å². The lowest BCUT2D eigenvalue weighted by Crippen LogP contribution is -2.36. The van der Waals surface area contributed by atoms with Crippen molar-refractivity contribution in [2.75, 3.05) is 20.3 Å². The predicted molar refractivity (Wildman–Crippen MR) is 58.0 cm³/mol. The summed E-state index contributed by atoms with van der Waals surface area (Å²) in [4.78, 5) is 17.9. The van der Waals surface area contributed by atoms with Crippen molar-refractivity contribution >= 4 is 17.2 Å². The zero-order chi connectivity index (χ0) is 10.7. The van der Waals surface area contributed by atoms with E-state index in [1.54, 1.807) is 18.0 Å². The largest absolute Gasteiger partial charge is 0.383 e. The molecular formula is C10H14N2O2S. The molecular weight excluding hydrogens is 212 g/mol. The topological polar surface area (TPSA) is 42.4 Å². The van der Waals surface area contributed by atoms with Crippen molar-refractivity contribution in [1.29, 1.82) is 0 Å². The van der Waals surface area contributed by atoms with Crippen LogP contribution in [0.15, 0.2) is 10.9 Å². The lowest BCUT2D eigenvalue weighted by atomic mass is 10.3. The number of hydrogen-bond donors (Lipinski definition) is 0. The maximum atomic E-state index is 12.0. The highest BCUT2D eigenvalue weighted by Gasteiger charge is 2.33. The molecule has 82 valence electrons. The van der Waals surface area contributed by atoms with Crippen LogP contribution in [-0.4, -0.2) is 42.1 Å². The van der Waals surface area contributed by atoms with Crippen molar-refractivity contribution < 1.29 is 9.53 Å². The van der Waals surface area contributed by atoms with Gasteiger partial charge in [0.15, 0.2) is 0 Å². The lowest BCUT2D eigenvalue weighted by Gasteiger charge is -2.20. The van der Waals surface area contributed by atoms with Crippen LogP contribution in [0.1, 0.15) is 23.3 Å². The first-order valence-corrected chi connectivity index (χ1v) is 5.95. The Hall–Kier alpha value is -0.940. The summed E-state index contributed by atoms with van der Waals surface area (Å²) >= 11 is 1.45. The Morgan fingerprint density at radius 1 is 1.73 bits per heavy atom. The van der Waals surface area contributed by atoms with E-state index >= 15 is 0 Å². The molecule has 0 radical (unpaired) electrons. The van der Waals surface area contributed by atoms with Crippen LogP contribution in [-0.2, 0) is 4.74 Å². The van der Waals surface area contributed by atoms with E-state index in [1.807, 2.05) is 4.90 Å². The van der Waals surface area contributed by atoms with E-state index < -0.39 is 0 Å². The molecule has 1 aromatic heterocycles. The highest BCUT2D eigenvalue weighted by molar-refractivity contribution is 7.07. The van der Waals surface area contributed by atoms with Crippen LogP contribution in [0.5, 0.6) is 0 Å². The summed E-state index contributed by atoms with van der Waals surface area (Å²) < 4.78 is 5.01. The molecule has 4 nitrogen and oxygen atoms in total. The first kappa shape index (κ1) is 10.6. The Morgan fingerprint density at radius 3 is 3.07 bits per heavy atom. The van der Waals surface area contributed by atoms with Gasteiger partial charge in [-0.2, -0.15) is 0 Å². The van der Waals surface area contributed by atoms with E-state index in [0.717, 1.165) is 12.8 Å². The third-order valence-electron chi connectivity index (χ3n) is 2.44. The standard InChI is InChI=1S/C10H14N2O2S/c1-14-5-4-12(8-2-3-8)10(13)9-6-15-7-11-9/h6-8H,2-5H2,1H3. The number of thiazole rings is 1. The van der Waals surface area contributed by atoms with Crippen molar-refractivity contribution in [2.24, 2.45) is 0 Å². The molecule has 15 heavy (non-hydrogen) atoms. The summed E-state index contributed by atoms with van der Waals surface area (Å²) in [6.45, 7) is 1.25. The monoisotopic (exact) mass is 226 g/mol. The first-order valence-electron chi connectivity index (χ1n) is 5.01. The number of carbonyl (C=O) groups is 1. The minimum absolute atomic E-state index is 0.0378. The van der Waals surface area contributed by atoms with Crippen LogP contribution in [0.3, 0.4) is 0 Å². The molecule has 0 atom stereocenters. The zero-order valence-corrected chi connectivity index (χ0v) is 9.50. The quantitative estimate of drug-likeness (QED) is 0.762. The molecule has 0 bridgehead atoms. The smallest absolute Gasteiger partial charge is 0.273 e. The number of rotatable bonds is 5. The minimum Gasteiger partial charge on any atom is -0.383 e. The molecule has 0 N–H and O–H groups in total. The van der Waals surface area contributed by atoms with E-state index in [-0.39, 0.29) is 5.91 Å². The summed E-state index contributed by atoms with van der Waals surface area (Å²) in [7, 11) is 1.65. The molecule has 0 aliphatic heterocycles. The van der Waals surface area contributed by atoms with Gasteiger partial charge in [-0.1, -0.05) is 0 Å². The second-order valence-corrected chi connectivity index (χ2v) is 4.31. The van der Waals surface area contributed by atoms with Gasteiger partial charge >= 0.3 is 0 Å². The fourth-order valence-corrected chi connectivity index (χ4v) is 2.02. The van der Waals surface area contributed by atoms with Crippen LogP contribution < -0.4 is 0 Å². The average Bonchev–Trinajstić information content (AvgIpc) is 2.94. The molecule has 2 rings (SSSR count). The van der Waals surface area contributed by atoms with Crippen molar-refractivity contribution in [3.63, 3.8) is 0 Å². The lowest BCUT2D eigenvalue weighted by molar-refractivity contribution is 0.0675. The molecule has 1 aromatic rings. The zero-order valence-electron chi connectivity index (χ0n) is 8.68. The fourth-order valence-electron chi connectivity index (χ4n) is 1.49. The van der Waals surface area contributed by atoms with Gasteiger partial charge in [-0.05, 0) is 12.8 Å². The van der Waals surface area contributed by atoms with Gasteiger partial charge < -0.3 is 9.64 Å². The van der Waals surface area contributed by atoms with Crippen molar-refractivity contribution in [2.45, 2.75) is 18.9 Å². The van der Waals surface area contributed by atoms with Gasteiger partial charge in [0.2, 0.25) is 0 Å². The van der Waals surface area contributed by atoms with Crippen LogP contribution in [0.4, 0.5) is 0 Å². The van der Waals surface area contributed by atoms with E-state index in [0.29, 0.717) is 24.9 Å². The molecule has 1 amide bonds. The van der Waals surface area contributed by atoms with Crippen LogP contribution in [0.2, 0.25) is 0 Å². The number of aromatic nitrogens is 1. The predicted octanol–water partition coefficient (Wildman–Crippen LogP) is 1.39. The maximum Gasteiger partial charge on any atom is 0.273 e. The van der Waals surface area contributed by atoms with Crippen LogP contribution in [0, 0.1) is 0 Å². The van der Waals surface area contributed by atoms with Gasteiger partial charge in [0, 0.05) is 25.1 Å². The minimum atomic E-state index is 0.0378. The number of carbonyl (C=O) groups excluding carboxylic acids is 1. The molecule has 5 heteroatoms. The number of amides is 1. The Labute approximate surface area is 92.9 Å². The molecule has 0 unspecified atom stereocenters. The van der Waals surface area contributed by atoms with Gasteiger partial charge in [0.25, 0.3) is 5.91 Å². The van der Waals surface area contributed by atoms with E-state index in [9.17, 15) is 4.79 Å². The summed E-state index contributed by atoms with van der Waals surface area (Å²) in [6, 6.07) is 0.411. The van der Waals surface area contributed by atoms with Gasteiger partial charge in [0.1, 0.15) is 5.69 Å². The normalized spacial score (nSPS) is 15.3. The third-order valence-corrected chi connectivity index (χ3v) is 3.02. The van der Waals surface area contributed by atoms with E-state index in [4.69, 9.17) is 4.74 Å². The number of ether oxygens (including phenoxy) is 1. The van der Waals surface area contributed by atoms with Gasteiger partial charge in [-0.25, -0.2) is 4.98 Å². The van der Waals surface area contributed by atoms with Crippen LogP contribution in [0.25, 0.3) is 0 Å². The highest BCUT2D eigenvalue weighted by atomic mass is 32.1.